The quantitative estimate of drug-likeness (QED) is 0.807. The van der Waals surface area contributed by atoms with Crippen molar-refractivity contribution in [2.75, 3.05) is 14.2 Å². The first kappa shape index (κ1) is 16.1. The fraction of sp³-hybridized carbons (Fsp3) is 0.538. The van der Waals surface area contributed by atoms with Gasteiger partial charge in [0.05, 0.1) is 10.9 Å². The zero-order chi connectivity index (χ0) is 14.6. The van der Waals surface area contributed by atoms with Crippen molar-refractivity contribution in [1.82, 2.24) is 4.72 Å². The van der Waals surface area contributed by atoms with E-state index in [9.17, 15) is 8.42 Å². The molecule has 0 bridgehead atoms. The van der Waals surface area contributed by atoms with Crippen molar-refractivity contribution in [3.05, 3.63) is 29.3 Å². The van der Waals surface area contributed by atoms with Gasteiger partial charge in [-0.25, -0.2) is 13.1 Å². The molecule has 0 saturated carbocycles. The number of ether oxygens (including phenoxy) is 2. The summed E-state index contributed by atoms with van der Waals surface area (Å²) in [5.74, 6) is 0. The lowest BCUT2D eigenvalue weighted by Crippen LogP contribution is -2.43. The number of hydrogen-bond acceptors (Lipinski definition) is 4. The molecule has 1 rings (SSSR count). The molecule has 0 spiro atoms. The van der Waals surface area contributed by atoms with Crippen molar-refractivity contribution in [2.24, 2.45) is 0 Å². The standard InChI is InChI=1S/C13H21NO4S/c1-9-6-7-10(2)12(8-9)19(15,16)14-11(3)13(17-4)18-5/h6-8,11,13-14H,1-5H3. The number of sulfonamides is 1. The third kappa shape index (κ3) is 4.01. The molecule has 5 nitrogen and oxygen atoms in total. The van der Waals surface area contributed by atoms with E-state index in [0.29, 0.717) is 5.56 Å². The van der Waals surface area contributed by atoms with E-state index in [-0.39, 0.29) is 4.90 Å². The summed E-state index contributed by atoms with van der Waals surface area (Å²) in [6.45, 7) is 5.32. The van der Waals surface area contributed by atoms with E-state index >= 15 is 0 Å². The van der Waals surface area contributed by atoms with Crippen molar-refractivity contribution < 1.29 is 17.9 Å². The van der Waals surface area contributed by atoms with E-state index in [1.165, 1.54) is 14.2 Å². The summed E-state index contributed by atoms with van der Waals surface area (Å²) in [6, 6.07) is 4.84. The van der Waals surface area contributed by atoms with Crippen LogP contribution >= 0.6 is 0 Å². The Hall–Kier alpha value is -0.950. The molecule has 0 saturated heterocycles. The van der Waals surface area contributed by atoms with Gasteiger partial charge in [0.15, 0.2) is 6.29 Å². The smallest absolute Gasteiger partial charge is 0.241 e. The maximum atomic E-state index is 12.3. The van der Waals surface area contributed by atoms with Gasteiger partial charge in [-0.15, -0.1) is 0 Å². The van der Waals surface area contributed by atoms with Gasteiger partial charge in [0.2, 0.25) is 10.0 Å². The summed E-state index contributed by atoms with van der Waals surface area (Å²) in [6.07, 6.45) is -0.625. The van der Waals surface area contributed by atoms with E-state index in [4.69, 9.17) is 9.47 Å². The predicted molar refractivity (Wildman–Crippen MR) is 73.5 cm³/mol. The summed E-state index contributed by atoms with van der Waals surface area (Å²) in [7, 11) is -0.650. The van der Waals surface area contributed by atoms with Crippen LogP contribution in [0.15, 0.2) is 23.1 Å². The van der Waals surface area contributed by atoms with Gasteiger partial charge < -0.3 is 9.47 Å². The molecule has 0 fully saturated rings. The maximum Gasteiger partial charge on any atom is 0.241 e. The van der Waals surface area contributed by atoms with Gasteiger partial charge >= 0.3 is 0 Å². The molecule has 0 heterocycles. The SMILES string of the molecule is COC(OC)C(C)NS(=O)(=O)c1cc(C)ccc1C. The molecule has 0 aliphatic heterocycles. The molecule has 1 atom stereocenters. The number of aryl methyl sites for hydroxylation is 2. The number of nitrogens with one attached hydrogen (secondary N) is 1. The molecule has 1 N–H and O–H groups in total. The van der Waals surface area contributed by atoms with Gasteiger partial charge in [-0.3, -0.25) is 0 Å². The number of rotatable bonds is 6. The fourth-order valence-electron chi connectivity index (χ4n) is 1.87. The van der Waals surface area contributed by atoms with Crippen LogP contribution in [0.25, 0.3) is 0 Å². The first-order valence-corrected chi connectivity index (χ1v) is 7.45. The Labute approximate surface area is 115 Å². The normalized spacial score (nSPS) is 13.8. The molecule has 1 unspecified atom stereocenters. The monoisotopic (exact) mass is 287 g/mol. The van der Waals surface area contributed by atoms with Crippen molar-refractivity contribution in [1.29, 1.82) is 0 Å². The molecule has 1 aromatic rings. The van der Waals surface area contributed by atoms with Gasteiger partial charge in [-0.2, -0.15) is 0 Å². The Morgan fingerprint density at radius 1 is 1.16 bits per heavy atom. The lowest BCUT2D eigenvalue weighted by atomic mass is 10.2. The van der Waals surface area contributed by atoms with Crippen LogP contribution in [0.5, 0.6) is 0 Å². The summed E-state index contributed by atoms with van der Waals surface area (Å²) in [5.41, 5.74) is 1.60. The molecule has 0 aromatic heterocycles. The summed E-state index contributed by atoms with van der Waals surface area (Å²) < 4.78 is 37.3. The predicted octanol–water partition coefficient (Wildman–Crippen LogP) is 1.59. The van der Waals surface area contributed by atoms with Crippen molar-refractivity contribution in [3.63, 3.8) is 0 Å². The molecule has 0 aliphatic rings. The van der Waals surface area contributed by atoms with Crippen LogP contribution in [0.4, 0.5) is 0 Å². The van der Waals surface area contributed by atoms with Crippen LogP contribution in [-0.4, -0.2) is 35.0 Å². The minimum atomic E-state index is -3.59. The second-order valence-electron chi connectivity index (χ2n) is 4.52. The lowest BCUT2D eigenvalue weighted by Gasteiger charge is -2.22. The van der Waals surface area contributed by atoms with Crippen LogP contribution in [0.2, 0.25) is 0 Å². The average Bonchev–Trinajstić information content (AvgIpc) is 2.33. The topological polar surface area (TPSA) is 64.6 Å². The van der Waals surface area contributed by atoms with Crippen molar-refractivity contribution in [2.45, 2.75) is 38.0 Å². The Balaban J connectivity index is 3.01. The van der Waals surface area contributed by atoms with Gasteiger partial charge in [0.25, 0.3) is 0 Å². The van der Waals surface area contributed by atoms with Crippen LogP contribution in [0, 0.1) is 13.8 Å². The molecular weight excluding hydrogens is 266 g/mol. The van der Waals surface area contributed by atoms with E-state index in [1.54, 1.807) is 26.0 Å². The first-order chi connectivity index (χ1) is 8.81. The van der Waals surface area contributed by atoms with Crippen LogP contribution in [0.3, 0.4) is 0 Å². The second-order valence-corrected chi connectivity index (χ2v) is 6.20. The van der Waals surface area contributed by atoms with Crippen LogP contribution < -0.4 is 4.72 Å². The Bertz CT molecular complexity index is 523. The van der Waals surface area contributed by atoms with E-state index in [1.807, 2.05) is 13.0 Å². The Morgan fingerprint density at radius 2 is 1.74 bits per heavy atom. The maximum absolute atomic E-state index is 12.3. The van der Waals surface area contributed by atoms with Gasteiger partial charge in [0.1, 0.15) is 0 Å². The third-order valence-electron chi connectivity index (χ3n) is 2.85. The number of hydrogen-bond donors (Lipinski definition) is 1. The molecule has 1 aromatic carbocycles. The highest BCUT2D eigenvalue weighted by Crippen LogP contribution is 2.17. The molecule has 0 aliphatic carbocycles. The molecule has 108 valence electrons. The number of benzene rings is 1. The van der Waals surface area contributed by atoms with Crippen molar-refractivity contribution in [3.8, 4) is 0 Å². The molecule has 0 amide bonds. The highest BCUT2D eigenvalue weighted by molar-refractivity contribution is 7.89. The van der Waals surface area contributed by atoms with Crippen LogP contribution in [-0.2, 0) is 19.5 Å². The summed E-state index contributed by atoms with van der Waals surface area (Å²) in [5, 5.41) is 0. The minimum absolute atomic E-state index is 0.283. The summed E-state index contributed by atoms with van der Waals surface area (Å²) >= 11 is 0. The molecule has 19 heavy (non-hydrogen) atoms. The average molecular weight is 287 g/mol. The molecule has 0 radical (unpaired) electrons. The largest absolute Gasteiger partial charge is 0.354 e. The molecular formula is C13H21NO4S. The third-order valence-corrected chi connectivity index (χ3v) is 4.55. The Morgan fingerprint density at radius 3 is 2.26 bits per heavy atom. The lowest BCUT2D eigenvalue weighted by molar-refractivity contribution is -0.115. The van der Waals surface area contributed by atoms with Crippen LogP contribution in [0.1, 0.15) is 18.1 Å². The fourth-order valence-corrected chi connectivity index (χ4v) is 3.43. The zero-order valence-electron chi connectivity index (χ0n) is 11.9. The van der Waals surface area contributed by atoms with Crippen molar-refractivity contribution >= 4 is 10.0 Å². The highest BCUT2D eigenvalue weighted by atomic mass is 32.2. The second kappa shape index (κ2) is 6.47. The Kier molecular flexibility index (Phi) is 5.49. The van der Waals surface area contributed by atoms with Gasteiger partial charge in [0, 0.05) is 14.2 Å². The first-order valence-electron chi connectivity index (χ1n) is 5.97. The highest BCUT2D eigenvalue weighted by Gasteiger charge is 2.24. The number of methoxy groups -OCH3 is 2. The van der Waals surface area contributed by atoms with E-state index in [2.05, 4.69) is 4.72 Å². The van der Waals surface area contributed by atoms with E-state index in [0.717, 1.165) is 5.56 Å². The van der Waals surface area contributed by atoms with Gasteiger partial charge in [-0.1, -0.05) is 12.1 Å². The van der Waals surface area contributed by atoms with Gasteiger partial charge in [-0.05, 0) is 38.0 Å². The van der Waals surface area contributed by atoms with E-state index < -0.39 is 22.4 Å². The minimum Gasteiger partial charge on any atom is -0.354 e. The summed E-state index contributed by atoms with van der Waals surface area (Å²) in [4.78, 5) is 0.283. The molecule has 6 heteroatoms. The zero-order valence-corrected chi connectivity index (χ0v) is 12.7.